The van der Waals surface area contributed by atoms with Gasteiger partial charge in [0, 0.05) is 30.6 Å². The number of hydrogen-bond donors (Lipinski definition) is 1. The number of nitro groups is 1. The van der Waals surface area contributed by atoms with Crippen molar-refractivity contribution in [3.8, 4) is 0 Å². The van der Waals surface area contributed by atoms with Gasteiger partial charge in [0.15, 0.2) is 4.90 Å². The van der Waals surface area contributed by atoms with Crippen molar-refractivity contribution in [2.45, 2.75) is 28.7 Å². The van der Waals surface area contributed by atoms with Crippen LogP contribution in [0.1, 0.15) is 12.8 Å². The zero-order valence-corrected chi connectivity index (χ0v) is 17.2. The number of nitrogens with one attached hydrogen (secondary N) is 1. The SMILES string of the molecule is O=[N+]([O-])c1ccccc1S(=O)(=O)NC1CC2(C1)CN(S(=O)(=O)c1ccccc1F)C2. The molecule has 160 valence electrons. The monoisotopic (exact) mass is 455 g/mol. The van der Waals surface area contributed by atoms with Crippen LogP contribution < -0.4 is 4.72 Å². The summed E-state index contributed by atoms with van der Waals surface area (Å²) in [6.07, 6.45) is 0.798. The predicted octanol–water partition coefficient (Wildman–Crippen LogP) is 1.87. The van der Waals surface area contributed by atoms with Crippen LogP contribution in [0.25, 0.3) is 0 Å². The highest BCUT2D eigenvalue weighted by Gasteiger charge is 2.56. The van der Waals surface area contributed by atoms with Crippen molar-refractivity contribution in [1.29, 1.82) is 0 Å². The minimum absolute atomic E-state index is 0.174. The van der Waals surface area contributed by atoms with Crippen molar-refractivity contribution >= 4 is 25.7 Å². The van der Waals surface area contributed by atoms with E-state index in [2.05, 4.69) is 4.72 Å². The molecule has 0 aromatic heterocycles. The highest BCUT2D eigenvalue weighted by Crippen LogP contribution is 2.50. The Labute approximate surface area is 172 Å². The fraction of sp³-hybridized carbons (Fsp3) is 0.333. The minimum Gasteiger partial charge on any atom is -0.258 e. The first-order valence-electron chi connectivity index (χ1n) is 9.05. The lowest BCUT2D eigenvalue weighted by molar-refractivity contribution is -0.387. The van der Waals surface area contributed by atoms with Gasteiger partial charge in [-0.3, -0.25) is 10.1 Å². The molecule has 0 radical (unpaired) electrons. The molecule has 0 unspecified atom stereocenters. The largest absolute Gasteiger partial charge is 0.289 e. The highest BCUT2D eigenvalue weighted by atomic mass is 32.2. The smallest absolute Gasteiger partial charge is 0.258 e. The number of para-hydroxylation sites is 1. The van der Waals surface area contributed by atoms with E-state index in [1.54, 1.807) is 0 Å². The van der Waals surface area contributed by atoms with E-state index in [0.717, 1.165) is 12.1 Å². The van der Waals surface area contributed by atoms with E-state index in [0.29, 0.717) is 12.8 Å². The van der Waals surface area contributed by atoms with E-state index in [1.165, 1.54) is 40.7 Å². The summed E-state index contributed by atoms with van der Waals surface area (Å²) in [6, 6.07) is 9.77. The van der Waals surface area contributed by atoms with Crippen LogP contribution in [0.15, 0.2) is 58.3 Å². The maximum absolute atomic E-state index is 13.9. The van der Waals surface area contributed by atoms with Gasteiger partial charge in [-0.05, 0) is 31.0 Å². The molecule has 0 bridgehead atoms. The second-order valence-electron chi connectivity index (χ2n) is 7.65. The van der Waals surface area contributed by atoms with Crippen molar-refractivity contribution in [1.82, 2.24) is 9.03 Å². The summed E-state index contributed by atoms with van der Waals surface area (Å²) in [5.74, 6) is -0.817. The Morgan fingerprint density at radius 2 is 1.57 bits per heavy atom. The number of benzene rings is 2. The molecule has 1 N–H and O–H groups in total. The molecule has 9 nitrogen and oxygen atoms in total. The van der Waals surface area contributed by atoms with Crippen LogP contribution in [0, 0.1) is 21.3 Å². The third kappa shape index (κ3) is 3.49. The van der Waals surface area contributed by atoms with Gasteiger partial charge in [-0.1, -0.05) is 24.3 Å². The zero-order chi connectivity index (χ0) is 21.7. The Kier molecular flexibility index (Phi) is 4.92. The number of halogens is 1. The molecule has 0 atom stereocenters. The van der Waals surface area contributed by atoms with Crippen molar-refractivity contribution in [3.05, 3.63) is 64.5 Å². The third-order valence-corrected chi connectivity index (χ3v) is 8.90. The van der Waals surface area contributed by atoms with Crippen LogP contribution in [-0.2, 0) is 20.0 Å². The van der Waals surface area contributed by atoms with Crippen LogP contribution in [0.2, 0.25) is 0 Å². The maximum Gasteiger partial charge on any atom is 0.289 e. The number of sulfonamides is 2. The molecule has 4 rings (SSSR count). The van der Waals surface area contributed by atoms with E-state index in [9.17, 15) is 31.3 Å². The summed E-state index contributed by atoms with van der Waals surface area (Å²) in [4.78, 5) is 9.55. The molecule has 0 amide bonds. The zero-order valence-electron chi connectivity index (χ0n) is 15.6. The second kappa shape index (κ2) is 7.08. The Balaban J connectivity index is 1.40. The van der Waals surface area contributed by atoms with Crippen molar-refractivity contribution in [2.75, 3.05) is 13.1 Å². The molecule has 12 heteroatoms. The molecule has 30 heavy (non-hydrogen) atoms. The van der Waals surface area contributed by atoms with Crippen LogP contribution in [-0.4, -0.2) is 45.2 Å². The Morgan fingerprint density at radius 1 is 1.00 bits per heavy atom. The summed E-state index contributed by atoms with van der Waals surface area (Å²) in [6.45, 7) is 0.348. The van der Waals surface area contributed by atoms with Gasteiger partial charge >= 0.3 is 0 Å². The standard InChI is InChI=1S/C18H18FN3O6S2/c19-14-5-1-3-7-16(14)30(27,28)21-11-18(12-21)9-13(10-18)20-29(25,26)17-8-4-2-6-15(17)22(23)24/h1-8,13,20H,9-12H2. The van der Waals surface area contributed by atoms with E-state index < -0.39 is 47.4 Å². The van der Waals surface area contributed by atoms with Crippen molar-refractivity contribution < 1.29 is 26.1 Å². The Bertz CT molecular complexity index is 1220. The number of rotatable bonds is 6. The van der Waals surface area contributed by atoms with Crippen LogP contribution in [0.4, 0.5) is 10.1 Å². The summed E-state index contributed by atoms with van der Waals surface area (Å²) in [5.41, 5.74) is -0.876. The van der Waals surface area contributed by atoms with E-state index in [-0.39, 0.29) is 23.4 Å². The topological polar surface area (TPSA) is 127 Å². The molecule has 1 spiro atoms. The Morgan fingerprint density at radius 3 is 2.17 bits per heavy atom. The second-order valence-corrected chi connectivity index (χ2v) is 11.2. The summed E-state index contributed by atoms with van der Waals surface area (Å²) in [7, 11) is -8.04. The molecule has 1 aliphatic heterocycles. The van der Waals surface area contributed by atoms with Crippen LogP contribution in [0.3, 0.4) is 0 Å². The van der Waals surface area contributed by atoms with Crippen molar-refractivity contribution in [2.24, 2.45) is 5.41 Å². The molecule has 2 fully saturated rings. The summed E-state index contributed by atoms with van der Waals surface area (Å²) in [5, 5.41) is 11.1. The quantitative estimate of drug-likeness (QED) is 0.523. The minimum atomic E-state index is -4.09. The molecular weight excluding hydrogens is 437 g/mol. The van der Waals surface area contributed by atoms with Gasteiger partial charge in [0.1, 0.15) is 10.7 Å². The van der Waals surface area contributed by atoms with Crippen LogP contribution >= 0.6 is 0 Å². The fourth-order valence-corrected chi connectivity index (χ4v) is 7.25. The first-order valence-corrected chi connectivity index (χ1v) is 12.0. The predicted molar refractivity (Wildman–Crippen MR) is 104 cm³/mol. The lowest BCUT2D eigenvalue weighted by atomic mass is 9.62. The molecule has 2 aromatic carbocycles. The first kappa shape index (κ1) is 20.8. The lowest BCUT2D eigenvalue weighted by Gasteiger charge is -2.58. The first-order chi connectivity index (χ1) is 14.0. The molecule has 1 aliphatic carbocycles. The van der Waals surface area contributed by atoms with Gasteiger partial charge in [0.05, 0.1) is 4.92 Å². The van der Waals surface area contributed by atoms with Gasteiger partial charge in [-0.15, -0.1) is 0 Å². The molecule has 1 heterocycles. The van der Waals surface area contributed by atoms with Gasteiger partial charge in [-0.2, -0.15) is 4.31 Å². The van der Waals surface area contributed by atoms with Gasteiger partial charge in [-0.25, -0.2) is 25.9 Å². The number of nitro benzene ring substituents is 1. The molecule has 2 aromatic rings. The van der Waals surface area contributed by atoms with Crippen LogP contribution in [0.5, 0.6) is 0 Å². The van der Waals surface area contributed by atoms with Gasteiger partial charge in [0.25, 0.3) is 5.69 Å². The molecule has 2 aliphatic rings. The highest BCUT2D eigenvalue weighted by molar-refractivity contribution is 7.89. The maximum atomic E-state index is 13.9. The van der Waals surface area contributed by atoms with E-state index in [4.69, 9.17) is 0 Å². The normalized spacial score (nSPS) is 19.2. The van der Waals surface area contributed by atoms with E-state index in [1.807, 2.05) is 0 Å². The molecular formula is C18H18FN3O6S2. The fourth-order valence-electron chi connectivity index (χ4n) is 4.11. The number of nitrogens with zero attached hydrogens (tertiary/aromatic N) is 2. The average Bonchev–Trinajstić information content (AvgIpc) is 2.62. The average molecular weight is 455 g/mol. The summed E-state index contributed by atoms with van der Waals surface area (Å²) >= 11 is 0. The van der Waals surface area contributed by atoms with Crippen molar-refractivity contribution in [3.63, 3.8) is 0 Å². The molecule has 1 saturated carbocycles. The van der Waals surface area contributed by atoms with E-state index >= 15 is 0 Å². The third-order valence-electron chi connectivity index (χ3n) is 5.51. The number of hydrogen-bond acceptors (Lipinski definition) is 6. The Hall–Kier alpha value is -2.41. The lowest BCUT2D eigenvalue weighted by Crippen LogP contribution is -2.67. The van der Waals surface area contributed by atoms with Gasteiger partial charge < -0.3 is 0 Å². The van der Waals surface area contributed by atoms with Gasteiger partial charge in [0.2, 0.25) is 20.0 Å². The molecule has 1 saturated heterocycles. The summed E-state index contributed by atoms with van der Waals surface area (Å²) < 4.78 is 67.8.